The van der Waals surface area contributed by atoms with Gasteiger partial charge in [0.1, 0.15) is 18.0 Å². The Morgan fingerprint density at radius 2 is 1.85 bits per heavy atom. The summed E-state index contributed by atoms with van der Waals surface area (Å²) in [6.45, 7) is 8.83. The highest BCUT2D eigenvalue weighted by Gasteiger charge is 2.41. The molecule has 0 atom stereocenters. The van der Waals surface area contributed by atoms with Crippen LogP contribution >= 0.6 is 0 Å². The Morgan fingerprint density at radius 3 is 2.48 bits per heavy atom. The van der Waals surface area contributed by atoms with Crippen molar-refractivity contribution in [3.63, 3.8) is 0 Å². The summed E-state index contributed by atoms with van der Waals surface area (Å²) in [5.41, 5.74) is 0.121. The Labute approximate surface area is 163 Å². The van der Waals surface area contributed by atoms with Crippen molar-refractivity contribution in [1.29, 1.82) is 0 Å². The molecule has 1 saturated heterocycles. The third kappa shape index (κ3) is 5.45. The van der Waals surface area contributed by atoms with Crippen LogP contribution in [0, 0.1) is 5.92 Å². The molecule has 5 nitrogen and oxygen atoms in total. The van der Waals surface area contributed by atoms with E-state index in [0.717, 1.165) is 43.7 Å². The lowest BCUT2D eigenvalue weighted by atomic mass is 9.78. The Bertz CT molecular complexity index is 588. The molecule has 1 aromatic carbocycles. The number of nitrogens with zero attached hydrogens (tertiary/aromatic N) is 1. The average molecular weight is 375 g/mol. The zero-order valence-corrected chi connectivity index (χ0v) is 16.8. The van der Waals surface area contributed by atoms with E-state index in [0.29, 0.717) is 19.1 Å². The van der Waals surface area contributed by atoms with Gasteiger partial charge in [-0.3, -0.25) is 9.69 Å². The molecule has 2 fully saturated rings. The minimum absolute atomic E-state index is 0.0149. The predicted octanol–water partition coefficient (Wildman–Crippen LogP) is 4.09. The summed E-state index contributed by atoms with van der Waals surface area (Å²) in [5, 5.41) is 3.05. The van der Waals surface area contributed by atoms with Crippen molar-refractivity contribution in [3.8, 4) is 5.75 Å². The van der Waals surface area contributed by atoms with Gasteiger partial charge in [-0.15, -0.1) is 0 Å². The fraction of sp³-hybridized carbons (Fsp3) is 0.682. The molecular weight excluding hydrogens is 340 g/mol. The SMILES string of the molecule is CCOC1(C(=O)Nc2ccc(OCCN3CCCC3)cc2)CCC(C)CC1. The number of anilines is 1. The Balaban J connectivity index is 1.51. The van der Waals surface area contributed by atoms with E-state index in [1.54, 1.807) is 0 Å². The molecule has 150 valence electrons. The van der Waals surface area contributed by atoms with Crippen LogP contribution in [-0.4, -0.2) is 49.3 Å². The zero-order chi connectivity index (χ0) is 19.1. The topological polar surface area (TPSA) is 50.8 Å². The number of carbonyl (C=O) groups is 1. The summed E-state index contributed by atoms with van der Waals surface area (Å²) in [4.78, 5) is 15.4. The minimum atomic E-state index is -0.674. The first kappa shape index (κ1) is 20.2. The highest BCUT2D eigenvalue weighted by Crippen LogP contribution is 2.36. The molecule has 1 aliphatic carbocycles. The van der Waals surface area contributed by atoms with Crippen LogP contribution in [0.2, 0.25) is 0 Å². The third-order valence-electron chi connectivity index (χ3n) is 5.90. The van der Waals surface area contributed by atoms with Gasteiger partial charge in [0, 0.05) is 18.8 Å². The van der Waals surface area contributed by atoms with E-state index in [4.69, 9.17) is 9.47 Å². The van der Waals surface area contributed by atoms with Crippen molar-refractivity contribution in [1.82, 2.24) is 4.90 Å². The average Bonchev–Trinajstić information content (AvgIpc) is 3.19. The van der Waals surface area contributed by atoms with Gasteiger partial charge in [-0.05, 0) is 88.7 Å². The maximum Gasteiger partial charge on any atom is 0.256 e. The van der Waals surface area contributed by atoms with E-state index in [1.807, 2.05) is 31.2 Å². The molecular formula is C22H34N2O3. The number of benzene rings is 1. The first-order chi connectivity index (χ1) is 13.1. The molecule has 3 rings (SSSR count). The van der Waals surface area contributed by atoms with Gasteiger partial charge in [0.2, 0.25) is 0 Å². The number of rotatable bonds is 8. The maximum absolute atomic E-state index is 12.9. The molecule has 0 spiro atoms. The molecule has 1 N–H and O–H groups in total. The van der Waals surface area contributed by atoms with Gasteiger partial charge in [0.15, 0.2) is 0 Å². The Kier molecular flexibility index (Phi) is 7.13. The van der Waals surface area contributed by atoms with E-state index >= 15 is 0 Å². The standard InChI is InChI=1S/C22H34N2O3/c1-3-27-22(12-10-18(2)11-13-22)21(25)23-19-6-8-20(9-7-19)26-17-16-24-14-4-5-15-24/h6-9,18H,3-5,10-17H2,1-2H3,(H,23,25). The van der Waals surface area contributed by atoms with Crippen LogP contribution in [0.1, 0.15) is 52.4 Å². The van der Waals surface area contributed by atoms with Crippen molar-refractivity contribution in [3.05, 3.63) is 24.3 Å². The lowest BCUT2D eigenvalue weighted by Crippen LogP contribution is -2.48. The lowest BCUT2D eigenvalue weighted by molar-refractivity contribution is -0.146. The van der Waals surface area contributed by atoms with Crippen LogP contribution in [0.25, 0.3) is 0 Å². The molecule has 2 aliphatic rings. The van der Waals surface area contributed by atoms with Crippen molar-refractivity contribution in [2.45, 2.75) is 58.0 Å². The minimum Gasteiger partial charge on any atom is -0.492 e. The summed E-state index contributed by atoms with van der Waals surface area (Å²) < 4.78 is 11.8. The second kappa shape index (κ2) is 9.56. The van der Waals surface area contributed by atoms with Crippen molar-refractivity contribution < 1.29 is 14.3 Å². The Morgan fingerprint density at radius 1 is 1.19 bits per heavy atom. The molecule has 0 bridgehead atoms. The summed E-state index contributed by atoms with van der Waals surface area (Å²) in [7, 11) is 0. The predicted molar refractivity (Wildman–Crippen MR) is 108 cm³/mol. The number of hydrogen-bond donors (Lipinski definition) is 1. The second-order valence-corrected chi connectivity index (χ2v) is 7.99. The van der Waals surface area contributed by atoms with Crippen molar-refractivity contribution >= 4 is 11.6 Å². The highest BCUT2D eigenvalue weighted by atomic mass is 16.5. The number of ether oxygens (including phenoxy) is 2. The molecule has 0 radical (unpaired) electrons. The van der Waals surface area contributed by atoms with Crippen LogP contribution < -0.4 is 10.1 Å². The zero-order valence-electron chi connectivity index (χ0n) is 16.8. The summed E-state index contributed by atoms with van der Waals surface area (Å²) >= 11 is 0. The van der Waals surface area contributed by atoms with Crippen LogP contribution in [-0.2, 0) is 9.53 Å². The number of nitrogens with one attached hydrogen (secondary N) is 1. The maximum atomic E-state index is 12.9. The van der Waals surface area contributed by atoms with E-state index in [-0.39, 0.29) is 5.91 Å². The quantitative estimate of drug-likeness (QED) is 0.745. The number of likely N-dealkylation sites (tertiary alicyclic amines) is 1. The summed E-state index contributed by atoms with van der Waals surface area (Å²) in [6.07, 6.45) is 6.28. The molecule has 1 aromatic rings. The van der Waals surface area contributed by atoms with Crippen molar-refractivity contribution in [2.75, 3.05) is 38.2 Å². The van der Waals surface area contributed by atoms with E-state index in [2.05, 4.69) is 17.1 Å². The van der Waals surface area contributed by atoms with Crippen LogP contribution in [0.3, 0.4) is 0 Å². The number of carbonyl (C=O) groups excluding carboxylic acids is 1. The fourth-order valence-corrected chi connectivity index (χ4v) is 4.12. The summed E-state index contributed by atoms with van der Waals surface area (Å²) in [6, 6.07) is 7.67. The van der Waals surface area contributed by atoms with Gasteiger partial charge in [-0.1, -0.05) is 6.92 Å². The molecule has 0 aromatic heterocycles. The third-order valence-corrected chi connectivity index (χ3v) is 5.90. The van der Waals surface area contributed by atoms with Crippen molar-refractivity contribution in [2.24, 2.45) is 5.92 Å². The fourth-order valence-electron chi connectivity index (χ4n) is 4.12. The molecule has 1 aliphatic heterocycles. The first-order valence-electron chi connectivity index (χ1n) is 10.5. The highest BCUT2D eigenvalue weighted by molar-refractivity contribution is 5.97. The van der Waals surface area contributed by atoms with Gasteiger partial charge < -0.3 is 14.8 Å². The summed E-state index contributed by atoms with van der Waals surface area (Å²) in [5.74, 6) is 1.50. The van der Waals surface area contributed by atoms with Gasteiger partial charge in [-0.25, -0.2) is 0 Å². The molecule has 1 amide bonds. The van der Waals surface area contributed by atoms with Crippen LogP contribution in [0.15, 0.2) is 24.3 Å². The van der Waals surface area contributed by atoms with E-state index in [1.165, 1.54) is 25.9 Å². The lowest BCUT2D eigenvalue weighted by Gasteiger charge is -2.37. The van der Waals surface area contributed by atoms with E-state index < -0.39 is 5.60 Å². The molecule has 27 heavy (non-hydrogen) atoms. The second-order valence-electron chi connectivity index (χ2n) is 7.99. The van der Waals surface area contributed by atoms with E-state index in [9.17, 15) is 4.79 Å². The molecule has 1 heterocycles. The van der Waals surface area contributed by atoms with Crippen LogP contribution in [0.5, 0.6) is 5.75 Å². The normalized spacial score (nSPS) is 26.1. The molecule has 0 unspecified atom stereocenters. The van der Waals surface area contributed by atoms with Crippen LogP contribution in [0.4, 0.5) is 5.69 Å². The van der Waals surface area contributed by atoms with Gasteiger partial charge in [0.05, 0.1) is 0 Å². The number of amides is 1. The van der Waals surface area contributed by atoms with Gasteiger partial charge in [0.25, 0.3) is 5.91 Å². The molecule has 5 heteroatoms. The van der Waals surface area contributed by atoms with Gasteiger partial charge >= 0.3 is 0 Å². The molecule has 1 saturated carbocycles. The first-order valence-corrected chi connectivity index (χ1v) is 10.5. The monoisotopic (exact) mass is 374 g/mol. The number of hydrogen-bond acceptors (Lipinski definition) is 4. The Hall–Kier alpha value is -1.59. The largest absolute Gasteiger partial charge is 0.492 e. The van der Waals surface area contributed by atoms with Gasteiger partial charge in [-0.2, -0.15) is 0 Å². The smallest absolute Gasteiger partial charge is 0.256 e.